The molecule has 0 heterocycles. The number of carbonyl (C=O) groups is 2. The van der Waals surface area contributed by atoms with Crippen molar-refractivity contribution in [1.82, 2.24) is 5.32 Å². The number of hydrogen-bond acceptors (Lipinski definition) is 3. The summed E-state index contributed by atoms with van der Waals surface area (Å²) >= 11 is 0. The van der Waals surface area contributed by atoms with E-state index in [2.05, 4.69) is 5.32 Å². The first-order chi connectivity index (χ1) is 16.1. The lowest BCUT2D eigenvalue weighted by Crippen LogP contribution is -2.47. The predicted molar refractivity (Wildman–Crippen MR) is 123 cm³/mol. The quantitative estimate of drug-likeness (QED) is 0.371. The standard InChI is InChI=1S/C26H21F3N2O3/c27-26(28,29)18-11-9-15(10-12-18)23(32)25(34)31-22(24(30)33)14-21-19-7-3-1-5-16(19)13-17-6-2-4-8-20(17)21/h1-13,22-23,32H,14H2,(H2,30,33)(H,31,34)/t22-,23-/m1/s1. The van der Waals surface area contributed by atoms with Crippen molar-refractivity contribution in [3.8, 4) is 0 Å². The molecule has 0 spiro atoms. The number of benzene rings is 4. The molecule has 0 aliphatic heterocycles. The molecule has 4 N–H and O–H groups in total. The lowest BCUT2D eigenvalue weighted by Gasteiger charge is -2.20. The fourth-order valence-electron chi connectivity index (χ4n) is 4.01. The Kier molecular flexibility index (Phi) is 6.26. The number of nitrogens with two attached hydrogens (primary N) is 1. The van der Waals surface area contributed by atoms with Crippen LogP contribution in [0.3, 0.4) is 0 Å². The fourth-order valence-corrected chi connectivity index (χ4v) is 4.01. The van der Waals surface area contributed by atoms with Crippen LogP contribution in [0.25, 0.3) is 21.5 Å². The van der Waals surface area contributed by atoms with Crippen molar-refractivity contribution in [1.29, 1.82) is 0 Å². The summed E-state index contributed by atoms with van der Waals surface area (Å²) in [5, 5.41) is 16.5. The van der Waals surface area contributed by atoms with Crippen LogP contribution in [-0.2, 0) is 22.2 Å². The Morgan fingerprint density at radius 3 is 1.91 bits per heavy atom. The second-order valence-corrected chi connectivity index (χ2v) is 7.99. The summed E-state index contributed by atoms with van der Waals surface area (Å²) in [5.41, 5.74) is 5.44. The molecule has 0 saturated heterocycles. The van der Waals surface area contributed by atoms with Crippen LogP contribution in [0.1, 0.15) is 22.8 Å². The second kappa shape index (κ2) is 9.15. The third kappa shape index (κ3) is 4.72. The van der Waals surface area contributed by atoms with Crippen molar-refractivity contribution in [2.24, 2.45) is 5.73 Å². The van der Waals surface area contributed by atoms with Crippen LogP contribution in [0.4, 0.5) is 13.2 Å². The number of fused-ring (bicyclic) bond motifs is 2. The number of carbonyl (C=O) groups excluding carboxylic acids is 2. The molecule has 174 valence electrons. The number of amides is 2. The summed E-state index contributed by atoms with van der Waals surface area (Å²) < 4.78 is 38.3. The molecule has 0 bridgehead atoms. The molecule has 4 aromatic rings. The molecule has 2 atom stereocenters. The van der Waals surface area contributed by atoms with Crippen LogP contribution in [-0.4, -0.2) is 23.0 Å². The monoisotopic (exact) mass is 466 g/mol. The largest absolute Gasteiger partial charge is 0.416 e. The predicted octanol–water partition coefficient (Wildman–Crippen LogP) is 4.26. The zero-order chi connectivity index (χ0) is 24.5. The van der Waals surface area contributed by atoms with E-state index in [1.54, 1.807) is 0 Å². The molecule has 0 radical (unpaired) electrons. The van der Waals surface area contributed by atoms with E-state index in [0.29, 0.717) is 0 Å². The zero-order valence-corrected chi connectivity index (χ0v) is 17.8. The minimum Gasteiger partial charge on any atom is -0.378 e. The molecule has 0 aliphatic carbocycles. The van der Waals surface area contributed by atoms with E-state index in [-0.39, 0.29) is 12.0 Å². The average molecular weight is 466 g/mol. The molecule has 4 rings (SSSR count). The third-order valence-corrected chi connectivity index (χ3v) is 5.75. The summed E-state index contributed by atoms with van der Waals surface area (Å²) in [4.78, 5) is 24.9. The molecule has 8 heteroatoms. The molecule has 0 saturated carbocycles. The van der Waals surface area contributed by atoms with E-state index >= 15 is 0 Å². The van der Waals surface area contributed by atoms with Gasteiger partial charge in [-0.05, 0) is 50.9 Å². The maximum absolute atomic E-state index is 12.8. The van der Waals surface area contributed by atoms with Crippen molar-refractivity contribution < 1.29 is 27.9 Å². The highest BCUT2D eigenvalue weighted by Crippen LogP contribution is 2.31. The van der Waals surface area contributed by atoms with Gasteiger partial charge in [-0.25, -0.2) is 0 Å². The zero-order valence-electron chi connectivity index (χ0n) is 17.8. The Hall–Kier alpha value is -3.91. The van der Waals surface area contributed by atoms with Gasteiger partial charge in [0.1, 0.15) is 6.04 Å². The smallest absolute Gasteiger partial charge is 0.378 e. The molecule has 2 amide bonds. The molecule has 0 fully saturated rings. The van der Waals surface area contributed by atoms with Gasteiger partial charge in [-0.2, -0.15) is 13.2 Å². The lowest BCUT2D eigenvalue weighted by atomic mass is 9.92. The summed E-state index contributed by atoms with van der Waals surface area (Å²) in [6.45, 7) is 0. The van der Waals surface area contributed by atoms with Gasteiger partial charge >= 0.3 is 6.18 Å². The topological polar surface area (TPSA) is 92.4 Å². The van der Waals surface area contributed by atoms with E-state index < -0.39 is 35.7 Å². The number of hydrogen-bond donors (Lipinski definition) is 3. The van der Waals surface area contributed by atoms with Crippen LogP contribution < -0.4 is 11.1 Å². The van der Waals surface area contributed by atoms with Gasteiger partial charge in [0.2, 0.25) is 5.91 Å². The van der Waals surface area contributed by atoms with Gasteiger partial charge in [0.25, 0.3) is 5.91 Å². The van der Waals surface area contributed by atoms with Gasteiger partial charge in [-0.1, -0.05) is 60.7 Å². The van der Waals surface area contributed by atoms with Gasteiger partial charge in [-0.3, -0.25) is 9.59 Å². The lowest BCUT2D eigenvalue weighted by molar-refractivity contribution is -0.137. The van der Waals surface area contributed by atoms with Crippen LogP contribution in [0.5, 0.6) is 0 Å². The van der Waals surface area contributed by atoms with E-state index in [1.807, 2.05) is 54.6 Å². The highest BCUT2D eigenvalue weighted by atomic mass is 19.4. The first kappa shape index (κ1) is 23.3. The van der Waals surface area contributed by atoms with E-state index in [0.717, 1.165) is 51.4 Å². The fraction of sp³-hybridized carbons (Fsp3) is 0.154. The van der Waals surface area contributed by atoms with Crippen molar-refractivity contribution >= 4 is 33.4 Å². The van der Waals surface area contributed by atoms with Crippen molar-refractivity contribution in [3.05, 3.63) is 95.6 Å². The minimum atomic E-state index is -4.54. The highest BCUT2D eigenvalue weighted by Gasteiger charge is 2.31. The third-order valence-electron chi connectivity index (χ3n) is 5.75. The first-order valence-electron chi connectivity index (χ1n) is 10.5. The number of nitrogens with one attached hydrogen (secondary N) is 1. The van der Waals surface area contributed by atoms with Crippen molar-refractivity contribution in [2.45, 2.75) is 24.7 Å². The van der Waals surface area contributed by atoms with Gasteiger partial charge in [0.15, 0.2) is 6.10 Å². The van der Waals surface area contributed by atoms with Gasteiger partial charge < -0.3 is 16.2 Å². The first-order valence-corrected chi connectivity index (χ1v) is 10.5. The molecule has 0 aliphatic rings. The Morgan fingerprint density at radius 1 is 0.882 bits per heavy atom. The molecule has 0 aromatic heterocycles. The van der Waals surface area contributed by atoms with Crippen molar-refractivity contribution in [3.63, 3.8) is 0 Å². The Labute approximate surface area is 193 Å². The van der Waals surface area contributed by atoms with Crippen LogP contribution in [0, 0.1) is 0 Å². The Morgan fingerprint density at radius 2 is 1.41 bits per heavy atom. The number of halogens is 3. The van der Waals surface area contributed by atoms with Crippen LogP contribution in [0.15, 0.2) is 78.9 Å². The molecular weight excluding hydrogens is 445 g/mol. The number of aliphatic hydroxyl groups excluding tert-OH is 1. The number of alkyl halides is 3. The molecule has 5 nitrogen and oxygen atoms in total. The highest BCUT2D eigenvalue weighted by molar-refractivity contribution is 6.03. The second-order valence-electron chi connectivity index (χ2n) is 7.99. The number of aliphatic hydroxyl groups is 1. The average Bonchev–Trinajstić information content (AvgIpc) is 2.82. The minimum absolute atomic E-state index is 0.0377. The summed E-state index contributed by atoms with van der Waals surface area (Å²) in [7, 11) is 0. The molecule has 0 unspecified atom stereocenters. The van der Waals surface area contributed by atoms with Gasteiger partial charge in [0, 0.05) is 6.42 Å². The van der Waals surface area contributed by atoms with E-state index in [4.69, 9.17) is 5.73 Å². The van der Waals surface area contributed by atoms with Crippen LogP contribution >= 0.6 is 0 Å². The Bertz CT molecular complexity index is 1310. The summed E-state index contributed by atoms with van der Waals surface area (Å²) in [5.74, 6) is -1.74. The van der Waals surface area contributed by atoms with E-state index in [1.165, 1.54) is 0 Å². The van der Waals surface area contributed by atoms with Crippen LogP contribution in [0.2, 0.25) is 0 Å². The normalized spacial score (nSPS) is 13.5. The Balaban J connectivity index is 1.62. The van der Waals surface area contributed by atoms with Gasteiger partial charge in [0.05, 0.1) is 5.56 Å². The van der Waals surface area contributed by atoms with Gasteiger partial charge in [-0.15, -0.1) is 0 Å². The number of rotatable bonds is 6. The maximum Gasteiger partial charge on any atom is 0.416 e. The molecule has 4 aromatic carbocycles. The maximum atomic E-state index is 12.8. The molecular formula is C26H21F3N2O3. The number of primary amides is 1. The summed E-state index contributed by atoms with van der Waals surface area (Å²) in [6.07, 6.45) is -6.24. The summed E-state index contributed by atoms with van der Waals surface area (Å²) in [6, 6.07) is 19.7. The van der Waals surface area contributed by atoms with E-state index in [9.17, 15) is 27.9 Å². The van der Waals surface area contributed by atoms with Crippen molar-refractivity contribution in [2.75, 3.05) is 0 Å². The molecule has 34 heavy (non-hydrogen) atoms. The SMILES string of the molecule is NC(=O)[C@@H](Cc1c2ccccc2cc2ccccc12)NC(=O)[C@H](O)c1ccc(C(F)(F)F)cc1.